The highest BCUT2D eigenvalue weighted by atomic mass is 15.3. The highest BCUT2D eigenvalue weighted by Crippen LogP contribution is 2.19. The molecule has 1 atom stereocenters. The van der Waals surface area contributed by atoms with Crippen molar-refractivity contribution in [2.75, 3.05) is 7.05 Å². The van der Waals surface area contributed by atoms with Crippen LogP contribution in [0.25, 0.3) is 0 Å². The van der Waals surface area contributed by atoms with Crippen LogP contribution < -0.4 is 5.32 Å². The number of hydrogen-bond acceptors (Lipinski definition) is 4. The van der Waals surface area contributed by atoms with Crippen molar-refractivity contribution in [2.24, 2.45) is 0 Å². The number of aromatic nitrogens is 4. The number of nitrogens with one attached hydrogen (secondary N) is 1. The molecule has 0 saturated carbocycles. The van der Waals surface area contributed by atoms with E-state index < -0.39 is 0 Å². The van der Waals surface area contributed by atoms with Gasteiger partial charge in [0.15, 0.2) is 0 Å². The van der Waals surface area contributed by atoms with E-state index in [2.05, 4.69) is 33.7 Å². The molecule has 2 aromatic rings. The van der Waals surface area contributed by atoms with Crippen molar-refractivity contribution < 1.29 is 0 Å². The summed E-state index contributed by atoms with van der Waals surface area (Å²) < 4.78 is 1.97. The summed E-state index contributed by atoms with van der Waals surface area (Å²) in [7, 11) is 1.93. The molecule has 0 amide bonds. The van der Waals surface area contributed by atoms with Crippen molar-refractivity contribution in [1.82, 2.24) is 25.3 Å². The lowest BCUT2D eigenvalue weighted by molar-refractivity contribution is 0.600. The third kappa shape index (κ3) is 2.68. The molecule has 1 unspecified atom stereocenters. The van der Waals surface area contributed by atoms with Gasteiger partial charge in [0.2, 0.25) is 0 Å². The van der Waals surface area contributed by atoms with Crippen LogP contribution in [0.1, 0.15) is 30.5 Å². The highest BCUT2D eigenvalue weighted by molar-refractivity contribution is 5.25. The topological polar surface area (TPSA) is 55.6 Å². The first-order chi connectivity index (χ1) is 8.35. The van der Waals surface area contributed by atoms with Gasteiger partial charge in [-0.2, -0.15) is 15.3 Å². The number of hydrogen-bond donors (Lipinski definition) is 1. The van der Waals surface area contributed by atoms with Gasteiger partial charge in [0.25, 0.3) is 0 Å². The monoisotopic (exact) mass is 231 g/mol. The molecule has 0 fully saturated rings. The predicted molar refractivity (Wildman–Crippen MR) is 65.5 cm³/mol. The van der Waals surface area contributed by atoms with Crippen molar-refractivity contribution in [2.45, 2.75) is 25.9 Å². The van der Waals surface area contributed by atoms with Gasteiger partial charge in [0.05, 0.1) is 18.4 Å². The number of aryl methyl sites for hydroxylation is 1. The molecule has 5 nitrogen and oxygen atoms in total. The molecule has 0 spiro atoms. The second kappa shape index (κ2) is 5.54. The van der Waals surface area contributed by atoms with E-state index in [0.717, 1.165) is 24.1 Å². The van der Waals surface area contributed by atoms with Crippen LogP contribution in [0.5, 0.6) is 0 Å². The third-order valence-corrected chi connectivity index (χ3v) is 2.67. The maximum absolute atomic E-state index is 4.34. The molecule has 17 heavy (non-hydrogen) atoms. The molecule has 5 heteroatoms. The van der Waals surface area contributed by atoms with Gasteiger partial charge in [0, 0.05) is 24.5 Å². The van der Waals surface area contributed by atoms with Gasteiger partial charge in [-0.1, -0.05) is 6.92 Å². The van der Waals surface area contributed by atoms with Crippen LogP contribution in [-0.4, -0.2) is 27.0 Å². The Balaban J connectivity index is 2.23. The van der Waals surface area contributed by atoms with Gasteiger partial charge in [-0.3, -0.25) is 4.68 Å². The lowest BCUT2D eigenvalue weighted by Gasteiger charge is -2.13. The van der Waals surface area contributed by atoms with Gasteiger partial charge >= 0.3 is 0 Å². The van der Waals surface area contributed by atoms with Gasteiger partial charge in [-0.15, -0.1) is 0 Å². The van der Waals surface area contributed by atoms with Crippen LogP contribution in [0.3, 0.4) is 0 Å². The van der Waals surface area contributed by atoms with Crippen LogP contribution in [0.4, 0.5) is 0 Å². The molecule has 2 aromatic heterocycles. The fraction of sp³-hybridized carbons (Fsp3) is 0.417. The van der Waals surface area contributed by atoms with Crippen LogP contribution >= 0.6 is 0 Å². The second-order valence-corrected chi connectivity index (χ2v) is 3.93. The molecule has 0 aromatic carbocycles. The molecule has 0 aliphatic carbocycles. The molecule has 1 N–H and O–H groups in total. The Hall–Kier alpha value is -1.75. The molecule has 0 bridgehead atoms. The summed E-state index contributed by atoms with van der Waals surface area (Å²) in [5.41, 5.74) is 2.24. The van der Waals surface area contributed by atoms with E-state index in [1.807, 2.05) is 24.0 Å². The van der Waals surface area contributed by atoms with Crippen molar-refractivity contribution in [3.63, 3.8) is 0 Å². The number of nitrogens with zero attached hydrogens (tertiary/aromatic N) is 4. The van der Waals surface area contributed by atoms with Gasteiger partial charge in [-0.05, 0) is 25.1 Å². The minimum atomic E-state index is 0.121. The summed E-state index contributed by atoms with van der Waals surface area (Å²) >= 11 is 0. The Bertz CT molecular complexity index is 451. The summed E-state index contributed by atoms with van der Waals surface area (Å²) in [5, 5.41) is 15.3. The third-order valence-electron chi connectivity index (χ3n) is 2.67. The van der Waals surface area contributed by atoms with Crippen LogP contribution in [-0.2, 0) is 6.54 Å². The van der Waals surface area contributed by atoms with E-state index in [-0.39, 0.29) is 6.04 Å². The largest absolute Gasteiger partial charge is 0.309 e. The predicted octanol–water partition coefficient (Wildman–Crippen LogP) is 1.39. The summed E-state index contributed by atoms with van der Waals surface area (Å²) in [6, 6.07) is 2.09. The average molecular weight is 231 g/mol. The molecule has 90 valence electrons. The first-order valence-corrected chi connectivity index (χ1v) is 5.81. The van der Waals surface area contributed by atoms with E-state index in [1.165, 1.54) is 0 Å². The Morgan fingerprint density at radius 3 is 2.82 bits per heavy atom. The molecule has 0 saturated heterocycles. The van der Waals surface area contributed by atoms with Crippen molar-refractivity contribution >= 4 is 0 Å². The first-order valence-electron chi connectivity index (χ1n) is 5.81. The maximum Gasteiger partial charge on any atom is 0.0621 e. The smallest absolute Gasteiger partial charge is 0.0621 e. The maximum atomic E-state index is 4.34. The molecule has 0 radical (unpaired) electrons. The number of rotatable bonds is 5. The lowest BCUT2D eigenvalue weighted by Crippen LogP contribution is -2.17. The second-order valence-electron chi connectivity index (χ2n) is 3.93. The zero-order valence-electron chi connectivity index (χ0n) is 10.2. The Kier molecular flexibility index (Phi) is 3.82. The van der Waals surface area contributed by atoms with Crippen molar-refractivity contribution in [3.05, 3.63) is 42.0 Å². The standard InChI is InChI=1S/C12H17N5/c1-3-6-17-9-11(8-16-17)12(13-2)10-4-5-14-15-7-10/h4-5,7-9,12-13H,3,6H2,1-2H3. The molecular weight excluding hydrogens is 214 g/mol. The van der Waals surface area contributed by atoms with Crippen molar-refractivity contribution in [1.29, 1.82) is 0 Å². The van der Waals surface area contributed by atoms with Crippen molar-refractivity contribution in [3.8, 4) is 0 Å². The summed E-state index contributed by atoms with van der Waals surface area (Å²) in [6.07, 6.45) is 8.54. The van der Waals surface area contributed by atoms with Crippen LogP contribution in [0, 0.1) is 0 Å². The van der Waals surface area contributed by atoms with E-state index in [0.29, 0.717) is 0 Å². The fourth-order valence-electron chi connectivity index (χ4n) is 1.88. The minimum absolute atomic E-state index is 0.121. The summed E-state index contributed by atoms with van der Waals surface area (Å²) in [5.74, 6) is 0. The van der Waals surface area contributed by atoms with E-state index in [4.69, 9.17) is 0 Å². The van der Waals surface area contributed by atoms with Crippen LogP contribution in [0.2, 0.25) is 0 Å². The fourth-order valence-corrected chi connectivity index (χ4v) is 1.88. The minimum Gasteiger partial charge on any atom is -0.309 e. The molecular formula is C12H17N5. The normalized spacial score (nSPS) is 12.6. The Labute approximate surface area is 101 Å². The first kappa shape index (κ1) is 11.7. The summed E-state index contributed by atoms with van der Waals surface area (Å²) in [4.78, 5) is 0. The molecule has 0 aliphatic heterocycles. The zero-order valence-corrected chi connectivity index (χ0v) is 10.2. The Morgan fingerprint density at radius 2 is 2.18 bits per heavy atom. The molecule has 0 aliphatic rings. The van der Waals surface area contributed by atoms with E-state index in [1.54, 1.807) is 12.4 Å². The SMILES string of the molecule is CCCn1cc(C(NC)c2ccnnc2)cn1. The zero-order chi connectivity index (χ0) is 12.1. The van der Waals surface area contributed by atoms with Gasteiger partial charge < -0.3 is 5.32 Å². The summed E-state index contributed by atoms with van der Waals surface area (Å²) in [6.45, 7) is 3.09. The highest BCUT2D eigenvalue weighted by Gasteiger charge is 2.13. The van der Waals surface area contributed by atoms with E-state index >= 15 is 0 Å². The Morgan fingerprint density at radius 1 is 1.29 bits per heavy atom. The lowest BCUT2D eigenvalue weighted by atomic mass is 10.0. The van der Waals surface area contributed by atoms with Gasteiger partial charge in [0.1, 0.15) is 0 Å². The molecule has 2 heterocycles. The molecule has 2 rings (SSSR count). The van der Waals surface area contributed by atoms with E-state index in [9.17, 15) is 0 Å². The van der Waals surface area contributed by atoms with Crippen LogP contribution in [0.15, 0.2) is 30.9 Å². The average Bonchev–Trinajstić information content (AvgIpc) is 2.81. The van der Waals surface area contributed by atoms with Gasteiger partial charge in [-0.25, -0.2) is 0 Å². The quantitative estimate of drug-likeness (QED) is 0.845.